The first-order valence-electron chi connectivity index (χ1n) is 10.9. The second-order valence-corrected chi connectivity index (χ2v) is 9.08. The molecule has 2 fully saturated rings. The molecule has 0 aromatic heterocycles. The van der Waals surface area contributed by atoms with Gasteiger partial charge < -0.3 is 4.74 Å². The maximum Gasteiger partial charge on any atom is 0.273 e. The highest BCUT2D eigenvalue weighted by Gasteiger charge is 2.52. The molecule has 0 radical (unpaired) electrons. The van der Waals surface area contributed by atoms with Crippen LogP contribution < -0.4 is 4.74 Å². The SMILES string of the molecule is COc1ccc(C(=O)CN(C(=O)c2ccc(Cl)cc2)N2C(=O)[C@H]3C[C@H](C)CC[C@H]3C2=O)cc1. The zero-order valence-electron chi connectivity index (χ0n) is 18.5. The molecule has 7 nitrogen and oxygen atoms in total. The van der Waals surface area contributed by atoms with Gasteiger partial charge in [0.25, 0.3) is 17.7 Å². The minimum absolute atomic E-state index is 0.228. The highest BCUT2D eigenvalue weighted by atomic mass is 35.5. The molecular weight excluding hydrogens is 444 g/mol. The number of hydrazine groups is 1. The Kier molecular flexibility index (Phi) is 6.51. The summed E-state index contributed by atoms with van der Waals surface area (Å²) in [6.45, 7) is 1.61. The van der Waals surface area contributed by atoms with Crippen LogP contribution in [0.5, 0.6) is 5.75 Å². The number of carbonyl (C=O) groups is 4. The lowest BCUT2D eigenvalue weighted by molar-refractivity contribution is -0.154. The Hall–Kier alpha value is -3.19. The number of imide groups is 1. The summed E-state index contributed by atoms with van der Waals surface area (Å²) in [7, 11) is 1.52. The standard InChI is InChI=1S/C25H25ClN2O5/c1-15-3-12-20-21(13-15)25(32)28(24(20)31)27(23(30)17-4-8-18(26)9-5-17)14-22(29)16-6-10-19(33-2)11-7-16/h4-11,15,20-21H,3,12-14H2,1-2H3/t15-,20-,21+/m1/s1. The molecule has 0 unspecified atom stereocenters. The molecule has 0 bridgehead atoms. The highest BCUT2D eigenvalue weighted by Crippen LogP contribution is 2.41. The summed E-state index contributed by atoms with van der Waals surface area (Å²) in [6, 6.07) is 12.6. The van der Waals surface area contributed by atoms with Crippen molar-refractivity contribution in [2.24, 2.45) is 17.8 Å². The number of nitrogens with zero attached hydrogens (tertiary/aromatic N) is 2. The number of ether oxygens (including phenoxy) is 1. The Morgan fingerprint density at radius 1 is 0.970 bits per heavy atom. The third-order valence-electron chi connectivity index (χ3n) is 6.44. The number of hydrogen-bond acceptors (Lipinski definition) is 5. The molecule has 3 amide bonds. The van der Waals surface area contributed by atoms with Crippen molar-refractivity contribution in [2.75, 3.05) is 13.7 Å². The second-order valence-electron chi connectivity index (χ2n) is 8.64. The van der Waals surface area contributed by atoms with E-state index in [1.807, 2.05) is 0 Å². The number of hydrogen-bond donors (Lipinski definition) is 0. The number of amides is 3. The van der Waals surface area contributed by atoms with Gasteiger partial charge in [-0.2, -0.15) is 5.01 Å². The number of Topliss-reactive ketones (excluding diaryl/α,β-unsaturated/α-hetero) is 1. The van der Waals surface area contributed by atoms with E-state index in [2.05, 4.69) is 6.92 Å². The number of halogens is 1. The van der Waals surface area contributed by atoms with Gasteiger partial charge in [0, 0.05) is 16.1 Å². The molecule has 2 aromatic carbocycles. The Balaban J connectivity index is 1.67. The van der Waals surface area contributed by atoms with E-state index < -0.39 is 41.9 Å². The van der Waals surface area contributed by atoms with Gasteiger partial charge in [-0.1, -0.05) is 18.5 Å². The van der Waals surface area contributed by atoms with Crippen LogP contribution in [0.25, 0.3) is 0 Å². The van der Waals surface area contributed by atoms with Gasteiger partial charge in [-0.25, -0.2) is 5.01 Å². The quantitative estimate of drug-likeness (QED) is 0.472. The smallest absolute Gasteiger partial charge is 0.273 e. The van der Waals surface area contributed by atoms with Crippen molar-refractivity contribution in [3.05, 3.63) is 64.7 Å². The van der Waals surface area contributed by atoms with E-state index in [1.54, 1.807) is 36.4 Å². The van der Waals surface area contributed by atoms with Gasteiger partial charge in [0.2, 0.25) is 0 Å². The van der Waals surface area contributed by atoms with Crippen LogP contribution >= 0.6 is 11.6 Å². The highest BCUT2D eigenvalue weighted by molar-refractivity contribution is 6.30. The molecule has 1 aliphatic carbocycles. The average Bonchev–Trinajstić information content (AvgIpc) is 3.06. The van der Waals surface area contributed by atoms with E-state index in [9.17, 15) is 19.2 Å². The van der Waals surface area contributed by atoms with Crippen LogP contribution in [0.15, 0.2) is 48.5 Å². The Morgan fingerprint density at radius 2 is 1.58 bits per heavy atom. The molecule has 4 rings (SSSR count). The van der Waals surface area contributed by atoms with Crippen molar-refractivity contribution in [2.45, 2.75) is 26.2 Å². The first-order valence-corrected chi connectivity index (χ1v) is 11.3. The van der Waals surface area contributed by atoms with E-state index in [-0.39, 0.29) is 5.56 Å². The molecule has 0 spiro atoms. The minimum atomic E-state index is -0.609. The summed E-state index contributed by atoms with van der Waals surface area (Å²) in [5.74, 6) is -1.84. The van der Waals surface area contributed by atoms with Crippen molar-refractivity contribution < 1.29 is 23.9 Å². The predicted molar refractivity (Wildman–Crippen MR) is 122 cm³/mol. The van der Waals surface area contributed by atoms with E-state index >= 15 is 0 Å². The fourth-order valence-corrected chi connectivity index (χ4v) is 4.72. The fourth-order valence-electron chi connectivity index (χ4n) is 4.59. The predicted octanol–water partition coefficient (Wildman–Crippen LogP) is 4.01. The summed E-state index contributed by atoms with van der Waals surface area (Å²) in [5, 5.41) is 2.34. The monoisotopic (exact) mass is 468 g/mol. The van der Waals surface area contributed by atoms with Gasteiger partial charge in [-0.3, -0.25) is 19.2 Å². The molecule has 1 saturated carbocycles. The minimum Gasteiger partial charge on any atom is -0.497 e. The largest absolute Gasteiger partial charge is 0.497 e. The van der Waals surface area contributed by atoms with Crippen LogP contribution in [-0.2, 0) is 9.59 Å². The first-order chi connectivity index (χ1) is 15.8. The lowest BCUT2D eigenvalue weighted by Gasteiger charge is -2.30. The topological polar surface area (TPSA) is 84.0 Å². The zero-order chi connectivity index (χ0) is 23.7. The zero-order valence-corrected chi connectivity index (χ0v) is 19.2. The molecule has 1 saturated heterocycles. The molecule has 2 aliphatic rings. The number of carbonyl (C=O) groups excluding carboxylic acids is 4. The van der Waals surface area contributed by atoms with E-state index in [0.29, 0.717) is 35.1 Å². The third-order valence-corrected chi connectivity index (χ3v) is 6.69. The Bertz CT molecular complexity index is 1080. The van der Waals surface area contributed by atoms with E-state index in [4.69, 9.17) is 16.3 Å². The Labute approximate surface area is 197 Å². The molecule has 1 heterocycles. The van der Waals surface area contributed by atoms with Gasteiger partial charge in [-0.15, -0.1) is 0 Å². The number of methoxy groups -OCH3 is 1. The molecule has 8 heteroatoms. The lowest BCUT2D eigenvalue weighted by atomic mass is 9.76. The number of fused-ring (bicyclic) bond motifs is 1. The summed E-state index contributed by atoms with van der Waals surface area (Å²) >= 11 is 5.95. The normalized spacial score (nSPS) is 22.2. The summed E-state index contributed by atoms with van der Waals surface area (Å²) in [6.07, 6.45) is 2.05. The lowest BCUT2D eigenvalue weighted by Crippen LogP contribution is -2.52. The van der Waals surface area contributed by atoms with Crippen LogP contribution in [0, 0.1) is 17.8 Å². The van der Waals surface area contributed by atoms with Gasteiger partial charge >= 0.3 is 0 Å². The third kappa shape index (κ3) is 4.50. The van der Waals surface area contributed by atoms with Crippen LogP contribution in [0.3, 0.4) is 0 Å². The van der Waals surface area contributed by atoms with Crippen LogP contribution in [0.4, 0.5) is 0 Å². The number of ketones is 1. The Morgan fingerprint density at radius 3 is 2.21 bits per heavy atom. The average molecular weight is 469 g/mol. The number of rotatable bonds is 6. The molecule has 172 valence electrons. The van der Waals surface area contributed by atoms with Gasteiger partial charge in [0.05, 0.1) is 18.9 Å². The van der Waals surface area contributed by atoms with Crippen molar-refractivity contribution in [3.8, 4) is 5.75 Å². The van der Waals surface area contributed by atoms with E-state index in [0.717, 1.165) is 16.4 Å². The summed E-state index contributed by atoms with van der Waals surface area (Å²) < 4.78 is 5.12. The van der Waals surface area contributed by atoms with Crippen molar-refractivity contribution in [3.63, 3.8) is 0 Å². The van der Waals surface area contributed by atoms with Crippen LogP contribution in [0.1, 0.15) is 46.9 Å². The van der Waals surface area contributed by atoms with Gasteiger partial charge in [-0.05, 0) is 73.7 Å². The van der Waals surface area contributed by atoms with Crippen LogP contribution in [-0.4, -0.2) is 47.2 Å². The summed E-state index contributed by atoms with van der Waals surface area (Å²) in [5.41, 5.74) is 0.570. The number of benzene rings is 2. The van der Waals surface area contributed by atoms with Gasteiger partial charge in [0.1, 0.15) is 12.3 Å². The van der Waals surface area contributed by atoms with Crippen molar-refractivity contribution in [1.82, 2.24) is 10.0 Å². The summed E-state index contributed by atoms with van der Waals surface area (Å²) in [4.78, 5) is 53.1. The van der Waals surface area contributed by atoms with Crippen molar-refractivity contribution >= 4 is 35.1 Å². The first kappa shape index (κ1) is 23.0. The van der Waals surface area contributed by atoms with E-state index in [1.165, 1.54) is 19.2 Å². The maximum atomic E-state index is 13.4. The molecule has 3 atom stereocenters. The molecule has 33 heavy (non-hydrogen) atoms. The van der Waals surface area contributed by atoms with Crippen molar-refractivity contribution in [1.29, 1.82) is 0 Å². The maximum absolute atomic E-state index is 13.4. The molecule has 2 aromatic rings. The molecular formula is C25H25ClN2O5. The molecule has 0 N–H and O–H groups in total. The molecule has 1 aliphatic heterocycles. The second kappa shape index (κ2) is 9.35. The van der Waals surface area contributed by atoms with Crippen LogP contribution in [0.2, 0.25) is 5.02 Å². The fraction of sp³-hybridized carbons (Fsp3) is 0.360. The van der Waals surface area contributed by atoms with Gasteiger partial charge in [0.15, 0.2) is 5.78 Å².